The Morgan fingerprint density at radius 3 is 2.25 bits per heavy atom. The molecule has 1 aliphatic rings. The van der Waals surface area contributed by atoms with Crippen LogP contribution in [0.25, 0.3) is 0 Å². The molecule has 112 valence electrons. The van der Waals surface area contributed by atoms with E-state index >= 15 is 0 Å². The fourth-order valence-corrected chi connectivity index (χ4v) is 3.33. The van der Waals surface area contributed by atoms with E-state index in [1.807, 2.05) is 0 Å². The molecule has 2 rings (SSSR count). The highest BCUT2D eigenvalue weighted by Gasteiger charge is 2.24. The first-order chi connectivity index (χ1) is 9.72. The molecule has 0 amide bonds. The lowest BCUT2D eigenvalue weighted by Crippen LogP contribution is -2.38. The van der Waals surface area contributed by atoms with Crippen molar-refractivity contribution >= 4 is 0 Å². The fraction of sp³-hybridized carbons (Fsp3) is 0.647. The van der Waals surface area contributed by atoms with Crippen LogP contribution in [0.4, 0.5) is 8.78 Å². The molecular formula is C17H25F2N. The second-order valence-electron chi connectivity index (χ2n) is 5.82. The van der Waals surface area contributed by atoms with Crippen molar-refractivity contribution in [3.05, 3.63) is 35.4 Å². The van der Waals surface area contributed by atoms with Crippen molar-refractivity contribution in [2.75, 3.05) is 6.54 Å². The second kappa shape index (κ2) is 7.72. The molecule has 0 radical (unpaired) electrons. The maximum atomic E-state index is 13.8. The zero-order valence-corrected chi connectivity index (χ0v) is 12.3. The maximum Gasteiger partial charge on any atom is 0.129 e. The molecule has 0 spiro atoms. The highest BCUT2D eigenvalue weighted by Crippen LogP contribution is 2.28. The average Bonchev–Trinajstić information content (AvgIpc) is 2.71. The van der Waals surface area contributed by atoms with E-state index in [0.717, 1.165) is 6.54 Å². The highest BCUT2D eigenvalue weighted by molar-refractivity contribution is 5.21. The van der Waals surface area contributed by atoms with Crippen LogP contribution in [-0.4, -0.2) is 12.6 Å². The molecule has 0 aromatic heterocycles. The first-order valence-corrected chi connectivity index (χ1v) is 7.88. The lowest BCUT2D eigenvalue weighted by Gasteiger charge is -2.27. The zero-order valence-electron chi connectivity index (χ0n) is 12.3. The van der Waals surface area contributed by atoms with Gasteiger partial charge < -0.3 is 5.32 Å². The van der Waals surface area contributed by atoms with Crippen LogP contribution in [0.15, 0.2) is 18.2 Å². The van der Waals surface area contributed by atoms with E-state index in [9.17, 15) is 8.78 Å². The van der Waals surface area contributed by atoms with Crippen LogP contribution >= 0.6 is 0 Å². The lowest BCUT2D eigenvalue weighted by molar-refractivity contribution is 0.316. The van der Waals surface area contributed by atoms with Crippen molar-refractivity contribution < 1.29 is 8.78 Å². The third-order valence-corrected chi connectivity index (χ3v) is 4.42. The van der Waals surface area contributed by atoms with Crippen molar-refractivity contribution in [3.63, 3.8) is 0 Å². The van der Waals surface area contributed by atoms with Crippen LogP contribution in [0, 0.1) is 17.6 Å². The Morgan fingerprint density at radius 1 is 1.10 bits per heavy atom. The van der Waals surface area contributed by atoms with Crippen molar-refractivity contribution in [1.82, 2.24) is 5.32 Å². The van der Waals surface area contributed by atoms with Crippen LogP contribution in [0.2, 0.25) is 0 Å². The third-order valence-electron chi connectivity index (χ3n) is 4.42. The maximum absolute atomic E-state index is 13.8. The van der Waals surface area contributed by atoms with E-state index in [-0.39, 0.29) is 11.6 Å². The summed E-state index contributed by atoms with van der Waals surface area (Å²) in [5.74, 6) is -0.292. The molecule has 1 atom stereocenters. The monoisotopic (exact) mass is 281 g/mol. The SMILES string of the molecule is CCNC(Cc1c(F)cccc1F)C1CCCCCC1. The summed E-state index contributed by atoms with van der Waals surface area (Å²) >= 11 is 0. The van der Waals surface area contributed by atoms with Gasteiger partial charge in [0, 0.05) is 11.6 Å². The number of halogens is 2. The van der Waals surface area contributed by atoms with Gasteiger partial charge in [-0.15, -0.1) is 0 Å². The van der Waals surface area contributed by atoms with Gasteiger partial charge >= 0.3 is 0 Å². The number of benzene rings is 1. The minimum Gasteiger partial charge on any atom is -0.314 e. The van der Waals surface area contributed by atoms with Crippen LogP contribution in [-0.2, 0) is 6.42 Å². The van der Waals surface area contributed by atoms with Gasteiger partial charge in [-0.1, -0.05) is 38.7 Å². The summed E-state index contributed by atoms with van der Waals surface area (Å²) in [6, 6.07) is 4.33. The van der Waals surface area contributed by atoms with Gasteiger partial charge in [0.15, 0.2) is 0 Å². The largest absolute Gasteiger partial charge is 0.314 e. The van der Waals surface area contributed by atoms with E-state index in [1.54, 1.807) is 0 Å². The molecule has 0 saturated heterocycles. The van der Waals surface area contributed by atoms with Crippen LogP contribution in [0.5, 0.6) is 0 Å². The number of hydrogen-bond acceptors (Lipinski definition) is 1. The van der Waals surface area contributed by atoms with Crippen molar-refractivity contribution in [2.45, 2.75) is 57.9 Å². The minimum absolute atomic E-state index is 0.185. The molecule has 1 aromatic carbocycles. The molecule has 1 saturated carbocycles. The molecular weight excluding hydrogens is 256 g/mol. The third kappa shape index (κ3) is 4.02. The van der Waals surface area contributed by atoms with E-state index in [0.29, 0.717) is 12.3 Å². The standard InChI is InChI=1S/C17H25F2N/c1-2-20-17(13-8-5-3-4-6-9-13)12-14-15(18)10-7-11-16(14)19/h7,10-11,13,17,20H,2-6,8-9,12H2,1H3. The Labute approximate surface area is 120 Å². The predicted octanol–water partition coefficient (Wildman–Crippen LogP) is 4.46. The van der Waals surface area contributed by atoms with E-state index < -0.39 is 11.6 Å². The molecule has 0 bridgehead atoms. The number of hydrogen-bond donors (Lipinski definition) is 1. The van der Waals surface area contributed by atoms with Gasteiger partial charge in [0.25, 0.3) is 0 Å². The Bertz CT molecular complexity index is 391. The first kappa shape index (κ1) is 15.4. The van der Waals surface area contributed by atoms with Gasteiger partial charge in [-0.05, 0) is 43.9 Å². The lowest BCUT2D eigenvalue weighted by atomic mass is 9.87. The summed E-state index contributed by atoms with van der Waals surface area (Å²) in [5.41, 5.74) is 0.239. The minimum atomic E-state index is -0.415. The zero-order chi connectivity index (χ0) is 14.4. The summed E-state index contributed by atoms with van der Waals surface area (Å²) in [7, 11) is 0. The summed E-state index contributed by atoms with van der Waals surface area (Å²) < 4.78 is 27.7. The normalized spacial score (nSPS) is 18.8. The Kier molecular flexibility index (Phi) is 5.96. The molecule has 1 fully saturated rings. The van der Waals surface area contributed by atoms with E-state index in [1.165, 1.54) is 56.7 Å². The number of likely N-dealkylation sites (N-methyl/N-ethyl adjacent to an activating group) is 1. The van der Waals surface area contributed by atoms with Crippen LogP contribution in [0.1, 0.15) is 51.0 Å². The number of rotatable bonds is 5. The molecule has 1 nitrogen and oxygen atoms in total. The van der Waals surface area contributed by atoms with Crippen molar-refractivity contribution in [2.24, 2.45) is 5.92 Å². The van der Waals surface area contributed by atoms with Crippen LogP contribution in [0.3, 0.4) is 0 Å². The average molecular weight is 281 g/mol. The molecule has 0 heterocycles. The van der Waals surface area contributed by atoms with Gasteiger partial charge in [-0.3, -0.25) is 0 Å². The van der Waals surface area contributed by atoms with Gasteiger partial charge in [0.2, 0.25) is 0 Å². The molecule has 0 aliphatic heterocycles. The Morgan fingerprint density at radius 2 is 1.70 bits per heavy atom. The molecule has 1 aliphatic carbocycles. The smallest absolute Gasteiger partial charge is 0.129 e. The highest BCUT2D eigenvalue weighted by atomic mass is 19.1. The van der Waals surface area contributed by atoms with Crippen LogP contribution < -0.4 is 5.32 Å². The van der Waals surface area contributed by atoms with Gasteiger partial charge in [0.1, 0.15) is 11.6 Å². The van der Waals surface area contributed by atoms with Gasteiger partial charge in [-0.25, -0.2) is 8.78 Å². The summed E-state index contributed by atoms with van der Waals surface area (Å²) in [6.45, 7) is 2.90. The molecule has 3 heteroatoms. The molecule has 1 unspecified atom stereocenters. The van der Waals surface area contributed by atoms with Gasteiger partial charge in [0.05, 0.1) is 0 Å². The Balaban J connectivity index is 2.11. The molecule has 1 aromatic rings. The quantitative estimate of drug-likeness (QED) is 0.786. The van der Waals surface area contributed by atoms with Crippen molar-refractivity contribution in [3.8, 4) is 0 Å². The number of nitrogens with one attached hydrogen (secondary N) is 1. The van der Waals surface area contributed by atoms with E-state index in [4.69, 9.17) is 0 Å². The summed E-state index contributed by atoms with van der Waals surface area (Å²) in [4.78, 5) is 0. The summed E-state index contributed by atoms with van der Waals surface area (Å²) in [5, 5.41) is 3.45. The fourth-order valence-electron chi connectivity index (χ4n) is 3.33. The van der Waals surface area contributed by atoms with E-state index in [2.05, 4.69) is 12.2 Å². The predicted molar refractivity (Wildman–Crippen MR) is 78.7 cm³/mol. The Hall–Kier alpha value is -0.960. The first-order valence-electron chi connectivity index (χ1n) is 7.88. The van der Waals surface area contributed by atoms with Crippen molar-refractivity contribution in [1.29, 1.82) is 0 Å². The summed E-state index contributed by atoms with van der Waals surface area (Å²) in [6.07, 6.45) is 7.88. The topological polar surface area (TPSA) is 12.0 Å². The second-order valence-corrected chi connectivity index (χ2v) is 5.82. The molecule has 20 heavy (non-hydrogen) atoms. The van der Waals surface area contributed by atoms with Gasteiger partial charge in [-0.2, -0.15) is 0 Å². The molecule has 1 N–H and O–H groups in total.